The molecule has 18 heavy (non-hydrogen) atoms. The Morgan fingerprint density at radius 1 is 1.50 bits per heavy atom. The summed E-state index contributed by atoms with van der Waals surface area (Å²) in [6.45, 7) is 6.78. The van der Waals surface area contributed by atoms with Gasteiger partial charge < -0.3 is 5.32 Å². The predicted molar refractivity (Wildman–Crippen MR) is 83.6 cm³/mol. The van der Waals surface area contributed by atoms with E-state index in [0.29, 0.717) is 0 Å². The first-order chi connectivity index (χ1) is 8.70. The summed E-state index contributed by atoms with van der Waals surface area (Å²) in [5, 5.41) is 3.44. The smallest absolute Gasteiger partial charge is 0.107 e. The van der Waals surface area contributed by atoms with Gasteiger partial charge in [-0.2, -0.15) is 0 Å². The van der Waals surface area contributed by atoms with Crippen LogP contribution in [-0.4, -0.2) is 30.6 Å². The van der Waals surface area contributed by atoms with Crippen LogP contribution in [0.5, 0.6) is 0 Å². The molecule has 2 heterocycles. The number of nitrogens with one attached hydrogen (secondary N) is 1. The Kier molecular flexibility index (Phi) is 5.96. The van der Waals surface area contributed by atoms with Crippen molar-refractivity contribution in [2.24, 2.45) is 0 Å². The van der Waals surface area contributed by atoms with Gasteiger partial charge >= 0.3 is 0 Å². The van der Waals surface area contributed by atoms with E-state index in [-0.39, 0.29) is 0 Å². The summed E-state index contributed by atoms with van der Waals surface area (Å²) in [6.07, 6.45) is 3.74. The maximum absolute atomic E-state index is 6.12. The Morgan fingerprint density at radius 3 is 2.78 bits per heavy atom. The fourth-order valence-corrected chi connectivity index (χ4v) is 4.34. The maximum atomic E-state index is 6.12. The number of thiophene rings is 1. The largest absolute Gasteiger partial charge is 0.317 e. The summed E-state index contributed by atoms with van der Waals surface area (Å²) < 4.78 is 1.90. The standard InChI is InChI=1S/C13H20BrClN2S/c1-2-7-17(10-3-5-16-6-4-10)9-11-8-12(14)13(15)18-11/h8,10,16H,2-7,9H2,1H3. The third-order valence-electron chi connectivity index (χ3n) is 3.39. The van der Waals surface area contributed by atoms with Crippen LogP contribution in [0.25, 0.3) is 0 Å². The van der Waals surface area contributed by atoms with E-state index in [2.05, 4.69) is 39.1 Å². The zero-order valence-electron chi connectivity index (χ0n) is 10.7. The van der Waals surface area contributed by atoms with E-state index >= 15 is 0 Å². The van der Waals surface area contributed by atoms with Crippen LogP contribution in [0, 0.1) is 0 Å². The van der Waals surface area contributed by atoms with E-state index in [0.717, 1.165) is 34.5 Å². The highest BCUT2D eigenvalue weighted by Crippen LogP contribution is 2.33. The molecule has 102 valence electrons. The molecule has 2 rings (SSSR count). The van der Waals surface area contributed by atoms with E-state index in [1.807, 2.05) is 0 Å². The van der Waals surface area contributed by atoms with E-state index in [1.165, 1.54) is 30.7 Å². The van der Waals surface area contributed by atoms with Crippen LogP contribution in [0.3, 0.4) is 0 Å². The van der Waals surface area contributed by atoms with Gasteiger partial charge in [0.25, 0.3) is 0 Å². The molecule has 0 atom stereocenters. The molecule has 1 saturated heterocycles. The molecule has 1 aliphatic rings. The summed E-state index contributed by atoms with van der Waals surface area (Å²) in [6, 6.07) is 2.89. The maximum Gasteiger partial charge on any atom is 0.107 e. The molecule has 0 bridgehead atoms. The van der Waals surface area contributed by atoms with Gasteiger partial charge in [0, 0.05) is 21.9 Å². The van der Waals surface area contributed by atoms with Crippen LogP contribution in [0.2, 0.25) is 4.34 Å². The first-order valence-electron chi connectivity index (χ1n) is 6.59. The second-order valence-corrected chi connectivity index (χ2v) is 7.38. The van der Waals surface area contributed by atoms with Gasteiger partial charge in [-0.1, -0.05) is 18.5 Å². The zero-order chi connectivity index (χ0) is 13.0. The Labute approximate surface area is 127 Å². The number of piperidine rings is 1. The zero-order valence-corrected chi connectivity index (χ0v) is 13.9. The second kappa shape index (κ2) is 7.25. The minimum absolute atomic E-state index is 0.728. The fourth-order valence-electron chi connectivity index (χ4n) is 2.52. The third-order valence-corrected chi connectivity index (χ3v) is 5.85. The number of nitrogens with zero attached hydrogens (tertiary/aromatic N) is 1. The van der Waals surface area contributed by atoms with Crippen molar-refractivity contribution in [1.29, 1.82) is 0 Å². The summed E-state index contributed by atoms with van der Waals surface area (Å²) in [5.74, 6) is 0. The molecule has 5 heteroatoms. The summed E-state index contributed by atoms with van der Waals surface area (Å²) >= 11 is 11.3. The molecule has 0 spiro atoms. The van der Waals surface area contributed by atoms with Crippen molar-refractivity contribution in [3.63, 3.8) is 0 Å². The van der Waals surface area contributed by atoms with Crippen molar-refractivity contribution in [1.82, 2.24) is 10.2 Å². The Bertz CT molecular complexity index is 358. The van der Waals surface area contributed by atoms with Crippen LogP contribution in [0.4, 0.5) is 0 Å². The van der Waals surface area contributed by atoms with Crippen molar-refractivity contribution in [3.05, 3.63) is 19.8 Å². The van der Waals surface area contributed by atoms with Crippen LogP contribution in [0.15, 0.2) is 10.5 Å². The van der Waals surface area contributed by atoms with E-state index in [1.54, 1.807) is 11.3 Å². The molecule has 0 saturated carbocycles. The van der Waals surface area contributed by atoms with Crippen molar-refractivity contribution in [2.45, 2.75) is 38.8 Å². The topological polar surface area (TPSA) is 15.3 Å². The molecule has 0 unspecified atom stereocenters. The van der Waals surface area contributed by atoms with Gasteiger partial charge in [0.2, 0.25) is 0 Å². The minimum Gasteiger partial charge on any atom is -0.317 e. The van der Waals surface area contributed by atoms with E-state index < -0.39 is 0 Å². The monoisotopic (exact) mass is 350 g/mol. The van der Waals surface area contributed by atoms with Gasteiger partial charge in [0.1, 0.15) is 4.34 Å². The molecule has 1 aromatic rings. The molecule has 2 nitrogen and oxygen atoms in total. The highest BCUT2D eigenvalue weighted by molar-refractivity contribution is 9.10. The molecule has 0 aromatic carbocycles. The van der Waals surface area contributed by atoms with Crippen LogP contribution in [-0.2, 0) is 6.54 Å². The van der Waals surface area contributed by atoms with E-state index in [9.17, 15) is 0 Å². The normalized spacial score (nSPS) is 17.6. The molecule has 0 radical (unpaired) electrons. The lowest BCUT2D eigenvalue weighted by molar-refractivity contribution is 0.155. The van der Waals surface area contributed by atoms with Crippen molar-refractivity contribution in [2.75, 3.05) is 19.6 Å². The summed E-state index contributed by atoms with van der Waals surface area (Å²) in [5.41, 5.74) is 0. The van der Waals surface area contributed by atoms with Gasteiger partial charge in [-0.05, 0) is 60.9 Å². The van der Waals surface area contributed by atoms with Gasteiger partial charge in [0.05, 0.1) is 0 Å². The van der Waals surface area contributed by atoms with Gasteiger partial charge in [-0.25, -0.2) is 0 Å². The van der Waals surface area contributed by atoms with Crippen LogP contribution in [0.1, 0.15) is 31.1 Å². The van der Waals surface area contributed by atoms with E-state index in [4.69, 9.17) is 11.6 Å². The number of hydrogen-bond acceptors (Lipinski definition) is 3. The Morgan fingerprint density at radius 2 is 2.22 bits per heavy atom. The lowest BCUT2D eigenvalue weighted by atomic mass is 10.0. The average Bonchev–Trinajstić information content (AvgIpc) is 2.69. The lowest BCUT2D eigenvalue weighted by Crippen LogP contribution is -2.42. The number of halogens is 2. The fraction of sp³-hybridized carbons (Fsp3) is 0.692. The average molecular weight is 352 g/mol. The highest BCUT2D eigenvalue weighted by atomic mass is 79.9. The highest BCUT2D eigenvalue weighted by Gasteiger charge is 2.21. The number of rotatable bonds is 5. The van der Waals surface area contributed by atoms with Crippen molar-refractivity contribution in [3.8, 4) is 0 Å². The first kappa shape index (κ1) is 14.8. The molecule has 0 aliphatic carbocycles. The summed E-state index contributed by atoms with van der Waals surface area (Å²) in [4.78, 5) is 3.98. The van der Waals surface area contributed by atoms with Gasteiger partial charge in [0.15, 0.2) is 0 Å². The molecule has 1 N–H and O–H groups in total. The van der Waals surface area contributed by atoms with Crippen molar-refractivity contribution >= 4 is 38.9 Å². The van der Waals surface area contributed by atoms with Gasteiger partial charge in [-0.15, -0.1) is 11.3 Å². The lowest BCUT2D eigenvalue weighted by Gasteiger charge is -2.34. The second-order valence-electron chi connectivity index (χ2n) is 4.79. The Hall–Kier alpha value is 0.390. The van der Waals surface area contributed by atoms with Crippen LogP contribution >= 0.6 is 38.9 Å². The molecular weight excluding hydrogens is 332 g/mol. The quantitative estimate of drug-likeness (QED) is 0.858. The molecule has 1 fully saturated rings. The van der Waals surface area contributed by atoms with Crippen molar-refractivity contribution < 1.29 is 0 Å². The van der Waals surface area contributed by atoms with Gasteiger partial charge in [-0.3, -0.25) is 4.90 Å². The molecule has 1 aromatic heterocycles. The van der Waals surface area contributed by atoms with Crippen LogP contribution < -0.4 is 5.32 Å². The molecule has 1 aliphatic heterocycles. The first-order valence-corrected chi connectivity index (χ1v) is 8.58. The SMILES string of the molecule is CCCN(Cc1cc(Br)c(Cl)s1)C1CCNCC1. The minimum atomic E-state index is 0.728. The summed E-state index contributed by atoms with van der Waals surface area (Å²) in [7, 11) is 0. The predicted octanol–water partition coefficient (Wildman–Crippen LogP) is 4.13. The Balaban J connectivity index is 2.00. The third kappa shape index (κ3) is 3.94. The number of hydrogen-bond donors (Lipinski definition) is 1. The molecular formula is C13H20BrClN2S. The molecule has 0 amide bonds.